The van der Waals surface area contributed by atoms with Gasteiger partial charge >= 0.3 is 0 Å². The molecule has 114 valence electrons. The van der Waals surface area contributed by atoms with Crippen molar-refractivity contribution in [2.45, 2.75) is 87.0 Å². The van der Waals surface area contributed by atoms with Crippen molar-refractivity contribution in [1.29, 1.82) is 0 Å². The number of Topliss-reactive ketones (excluding diaryl/α,β-unsaturated/α-hetero) is 1. The Kier molecular flexibility index (Phi) is 27.3. The van der Waals surface area contributed by atoms with Gasteiger partial charge in [-0.3, -0.25) is 4.79 Å². The van der Waals surface area contributed by atoms with E-state index in [1.54, 1.807) is 0 Å². The number of carbonyl (C=O) groups is 1. The van der Waals surface area contributed by atoms with Crippen LogP contribution in [-0.2, 0) is 4.79 Å². The van der Waals surface area contributed by atoms with Crippen LogP contribution in [0.25, 0.3) is 0 Å². The van der Waals surface area contributed by atoms with E-state index in [4.69, 9.17) is 0 Å². The third-order valence-corrected chi connectivity index (χ3v) is 2.42. The van der Waals surface area contributed by atoms with Gasteiger partial charge < -0.3 is 0 Å². The SMILES string of the molecule is C/C=C(\C=C/CC)C(=O)CCCC.CC.CCCC. The summed E-state index contributed by atoms with van der Waals surface area (Å²) in [6.07, 6.45) is 12.2. The number of rotatable bonds is 7. The largest absolute Gasteiger partial charge is 0.294 e. The lowest BCUT2D eigenvalue weighted by Crippen LogP contribution is -1.99. The highest BCUT2D eigenvalue weighted by atomic mass is 16.1. The molecule has 0 heterocycles. The van der Waals surface area contributed by atoms with Crippen LogP contribution in [0.2, 0.25) is 0 Å². The molecular weight excluding hydrogens is 232 g/mol. The molecule has 0 atom stereocenters. The average Bonchev–Trinajstić information content (AvgIpc) is 2.48. The first-order valence-corrected chi connectivity index (χ1v) is 8.03. The second kappa shape index (κ2) is 22.3. The summed E-state index contributed by atoms with van der Waals surface area (Å²) >= 11 is 0. The summed E-state index contributed by atoms with van der Waals surface area (Å²) in [6.45, 7) is 14.4. The summed E-state index contributed by atoms with van der Waals surface area (Å²) in [6, 6.07) is 0. The zero-order valence-electron chi connectivity index (χ0n) is 14.4. The Hall–Kier alpha value is -0.850. The first-order valence-electron chi connectivity index (χ1n) is 8.03. The molecule has 0 saturated carbocycles. The van der Waals surface area contributed by atoms with Crippen molar-refractivity contribution in [3.63, 3.8) is 0 Å². The number of unbranched alkanes of at least 4 members (excludes halogenated alkanes) is 2. The number of hydrogen-bond acceptors (Lipinski definition) is 1. The van der Waals surface area contributed by atoms with Gasteiger partial charge in [0, 0.05) is 12.0 Å². The van der Waals surface area contributed by atoms with E-state index in [1.807, 2.05) is 39.0 Å². The van der Waals surface area contributed by atoms with E-state index in [2.05, 4.69) is 27.7 Å². The molecular formula is C18H36O. The molecule has 0 rings (SSSR count). The Bertz CT molecular complexity index is 222. The maximum absolute atomic E-state index is 11.5. The number of allylic oxidation sites excluding steroid dienone is 4. The van der Waals surface area contributed by atoms with Gasteiger partial charge in [0.05, 0.1) is 0 Å². The normalized spacial score (nSPS) is 10.4. The zero-order chi connectivity index (χ0) is 15.5. The molecule has 19 heavy (non-hydrogen) atoms. The Morgan fingerprint density at radius 1 is 0.947 bits per heavy atom. The lowest BCUT2D eigenvalue weighted by molar-refractivity contribution is -0.115. The lowest BCUT2D eigenvalue weighted by atomic mass is 10.1. The predicted molar refractivity (Wildman–Crippen MR) is 89.7 cm³/mol. The number of ketones is 1. The average molecular weight is 268 g/mol. The van der Waals surface area contributed by atoms with Crippen molar-refractivity contribution >= 4 is 5.78 Å². The predicted octanol–water partition coefficient (Wildman–Crippen LogP) is 6.49. The van der Waals surface area contributed by atoms with Crippen molar-refractivity contribution in [1.82, 2.24) is 0 Å². The molecule has 0 aliphatic carbocycles. The van der Waals surface area contributed by atoms with Crippen LogP contribution in [0.1, 0.15) is 87.0 Å². The summed E-state index contributed by atoms with van der Waals surface area (Å²) < 4.78 is 0. The van der Waals surface area contributed by atoms with Crippen LogP contribution >= 0.6 is 0 Å². The Morgan fingerprint density at radius 3 is 1.79 bits per heavy atom. The van der Waals surface area contributed by atoms with Crippen molar-refractivity contribution in [3.05, 3.63) is 23.8 Å². The van der Waals surface area contributed by atoms with Crippen molar-refractivity contribution < 1.29 is 4.79 Å². The van der Waals surface area contributed by atoms with Gasteiger partial charge in [0.2, 0.25) is 0 Å². The highest BCUT2D eigenvalue weighted by Crippen LogP contribution is 2.06. The smallest absolute Gasteiger partial charge is 0.162 e. The molecule has 0 N–H and O–H groups in total. The molecule has 0 bridgehead atoms. The summed E-state index contributed by atoms with van der Waals surface area (Å²) in [5, 5.41) is 0. The van der Waals surface area contributed by atoms with E-state index in [0.717, 1.165) is 24.8 Å². The first-order chi connectivity index (χ1) is 9.17. The molecule has 0 fully saturated rings. The molecule has 0 amide bonds. The van der Waals surface area contributed by atoms with Gasteiger partial charge in [-0.25, -0.2) is 0 Å². The Labute approximate surface area is 122 Å². The van der Waals surface area contributed by atoms with E-state index >= 15 is 0 Å². The van der Waals surface area contributed by atoms with E-state index in [9.17, 15) is 4.79 Å². The van der Waals surface area contributed by atoms with Gasteiger partial charge in [-0.1, -0.05) is 79.0 Å². The van der Waals surface area contributed by atoms with Crippen LogP contribution in [0.3, 0.4) is 0 Å². The van der Waals surface area contributed by atoms with Crippen molar-refractivity contribution in [3.8, 4) is 0 Å². The highest BCUT2D eigenvalue weighted by Gasteiger charge is 2.03. The minimum Gasteiger partial charge on any atom is -0.294 e. The van der Waals surface area contributed by atoms with Crippen LogP contribution in [-0.4, -0.2) is 5.78 Å². The summed E-state index contributed by atoms with van der Waals surface area (Å²) in [5.74, 6) is 0.272. The van der Waals surface area contributed by atoms with Crippen molar-refractivity contribution in [2.75, 3.05) is 0 Å². The maximum Gasteiger partial charge on any atom is 0.162 e. The molecule has 0 aliphatic heterocycles. The molecule has 0 aromatic heterocycles. The summed E-state index contributed by atoms with van der Waals surface area (Å²) in [4.78, 5) is 11.5. The lowest BCUT2D eigenvalue weighted by Gasteiger charge is -1.99. The standard InChI is InChI=1S/C12H20O.C4H10.C2H6/c1-4-7-9-11(6-3)12(13)10-8-5-2;1-3-4-2;1-2/h6-7,9H,4-5,8,10H2,1-3H3;3-4H2,1-2H3;1-2H3/b9-7-,11-6+;;. The minimum absolute atomic E-state index is 0.272. The zero-order valence-corrected chi connectivity index (χ0v) is 14.4. The van der Waals surface area contributed by atoms with E-state index < -0.39 is 0 Å². The third-order valence-electron chi connectivity index (χ3n) is 2.42. The van der Waals surface area contributed by atoms with E-state index in [-0.39, 0.29) is 5.78 Å². The number of carbonyl (C=O) groups excluding carboxylic acids is 1. The fraction of sp³-hybridized carbons (Fsp3) is 0.722. The quantitative estimate of drug-likeness (QED) is 0.381. The van der Waals surface area contributed by atoms with E-state index in [1.165, 1.54) is 12.8 Å². The highest BCUT2D eigenvalue weighted by molar-refractivity contribution is 5.97. The van der Waals surface area contributed by atoms with Gasteiger partial charge in [-0.05, 0) is 19.8 Å². The topological polar surface area (TPSA) is 17.1 Å². The van der Waals surface area contributed by atoms with Crippen LogP contribution in [0.4, 0.5) is 0 Å². The second-order valence-corrected chi connectivity index (χ2v) is 4.08. The molecule has 0 aliphatic rings. The molecule has 0 aromatic carbocycles. The fourth-order valence-corrected chi connectivity index (χ4v) is 1.08. The molecule has 0 aromatic rings. The van der Waals surface area contributed by atoms with Gasteiger partial charge in [-0.15, -0.1) is 0 Å². The van der Waals surface area contributed by atoms with Gasteiger partial charge in [-0.2, -0.15) is 0 Å². The third kappa shape index (κ3) is 19.7. The second-order valence-electron chi connectivity index (χ2n) is 4.08. The summed E-state index contributed by atoms with van der Waals surface area (Å²) in [5.41, 5.74) is 0.857. The maximum atomic E-state index is 11.5. The molecule has 0 radical (unpaired) electrons. The fourth-order valence-electron chi connectivity index (χ4n) is 1.08. The summed E-state index contributed by atoms with van der Waals surface area (Å²) in [7, 11) is 0. The van der Waals surface area contributed by atoms with Crippen LogP contribution in [0.15, 0.2) is 23.8 Å². The molecule has 1 heteroatoms. The van der Waals surface area contributed by atoms with E-state index in [0.29, 0.717) is 6.42 Å². The van der Waals surface area contributed by atoms with Gasteiger partial charge in [0.1, 0.15) is 0 Å². The minimum atomic E-state index is 0.272. The van der Waals surface area contributed by atoms with Gasteiger partial charge in [0.25, 0.3) is 0 Å². The van der Waals surface area contributed by atoms with Crippen LogP contribution < -0.4 is 0 Å². The van der Waals surface area contributed by atoms with Gasteiger partial charge in [0.15, 0.2) is 5.78 Å². The molecule has 0 spiro atoms. The first kappa shape index (κ1) is 23.3. The monoisotopic (exact) mass is 268 g/mol. The number of hydrogen-bond donors (Lipinski definition) is 0. The Balaban J connectivity index is -0.000000361. The molecule has 0 saturated heterocycles. The van der Waals surface area contributed by atoms with Crippen LogP contribution in [0, 0.1) is 0 Å². The van der Waals surface area contributed by atoms with Crippen molar-refractivity contribution in [2.24, 2.45) is 0 Å². The molecule has 1 nitrogen and oxygen atoms in total. The Morgan fingerprint density at radius 2 is 1.47 bits per heavy atom. The van der Waals surface area contributed by atoms with Crippen LogP contribution in [0.5, 0.6) is 0 Å². The molecule has 0 unspecified atom stereocenters.